The topological polar surface area (TPSA) is 66.0 Å². The zero-order chi connectivity index (χ0) is 21.9. The number of hydrogen-bond acceptors (Lipinski definition) is 3. The number of benzene rings is 2. The van der Waals surface area contributed by atoms with Crippen LogP contribution in [0.25, 0.3) is 0 Å². The molecule has 1 heterocycles. The summed E-state index contributed by atoms with van der Waals surface area (Å²) in [5.41, 5.74) is 3.01. The van der Waals surface area contributed by atoms with Gasteiger partial charge in [0.05, 0.1) is 13.7 Å². The molecular weight excluding hydrogens is 515 g/mol. The Hall–Kier alpha value is -2.29. The van der Waals surface area contributed by atoms with Crippen LogP contribution in [0.4, 0.5) is 0 Å². The van der Waals surface area contributed by atoms with E-state index in [1.807, 2.05) is 47.4 Å². The number of carbonyl (C=O) groups excluding carboxylic acids is 1. The number of para-hydroxylation sites is 1. The molecular formula is C25H35IN4O2. The number of amides is 1. The number of halogens is 1. The van der Waals surface area contributed by atoms with Crippen molar-refractivity contribution in [3.63, 3.8) is 0 Å². The summed E-state index contributed by atoms with van der Waals surface area (Å²) in [6.07, 6.45) is 4.29. The molecule has 32 heavy (non-hydrogen) atoms. The van der Waals surface area contributed by atoms with Gasteiger partial charge in [0.2, 0.25) is 0 Å². The monoisotopic (exact) mass is 550 g/mol. The van der Waals surface area contributed by atoms with Crippen molar-refractivity contribution in [3.8, 4) is 5.75 Å². The molecule has 0 unspecified atom stereocenters. The summed E-state index contributed by atoms with van der Waals surface area (Å²) in [6, 6.07) is 15.9. The van der Waals surface area contributed by atoms with E-state index >= 15 is 0 Å². The fraction of sp³-hybridized carbons (Fsp3) is 0.440. The molecule has 3 rings (SSSR count). The van der Waals surface area contributed by atoms with Gasteiger partial charge in [0, 0.05) is 31.7 Å². The van der Waals surface area contributed by atoms with Crippen LogP contribution in [0.15, 0.2) is 53.5 Å². The third-order valence-electron chi connectivity index (χ3n) is 5.49. The lowest BCUT2D eigenvalue weighted by Crippen LogP contribution is -2.38. The van der Waals surface area contributed by atoms with Crippen LogP contribution in [0.2, 0.25) is 0 Å². The minimum absolute atomic E-state index is 0. The number of piperidine rings is 1. The van der Waals surface area contributed by atoms with E-state index in [4.69, 9.17) is 4.74 Å². The van der Waals surface area contributed by atoms with Crippen LogP contribution in [0.3, 0.4) is 0 Å². The van der Waals surface area contributed by atoms with E-state index in [0.717, 1.165) is 68.3 Å². The fourth-order valence-corrected chi connectivity index (χ4v) is 3.77. The first-order valence-electron chi connectivity index (χ1n) is 11.2. The molecule has 6 nitrogen and oxygen atoms in total. The van der Waals surface area contributed by atoms with E-state index < -0.39 is 0 Å². The number of rotatable bonds is 8. The van der Waals surface area contributed by atoms with Crippen molar-refractivity contribution in [2.75, 3.05) is 33.3 Å². The van der Waals surface area contributed by atoms with Gasteiger partial charge >= 0.3 is 0 Å². The first-order chi connectivity index (χ1) is 15.2. The molecule has 1 amide bonds. The summed E-state index contributed by atoms with van der Waals surface area (Å²) >= 11 is 0. The Morgan fingerprint density at radius 1 is 1.03 bits per heavy atom. The van der Waals surface area contributed by atoms with Gasteiger partial charge < -0.3 is 20.3 Å². The van der Waals surface area contributed by atoms with Crippen molar-refractivity contribution >= 4 is 35.8 Å². The molecule has 2 N–H and O–H groups in total. The standard InChI is InChI=1S/C25H34N4O2.HI/c1-3-26-25(27-16-15-21-9-5-6-10-23(21)31-2)28-19-20-11-13-22(14-12-20)24(30)29-17-7-4-8-18-29;/h5-6,9-14H,3-4,7-8,15-19H2,1-2H3,(H2,26,27,28);1H. The van der Waals surface area contributed by atoms with E-state index in [2.05, 4.69) is 28.6 Å². The van der Waals surface area contributed by atoms with Crippen LogP contribution in [-0.2, 0) is 13.0 Å². The number of nitrogens with one attached hydrogen (secondary N) is 2. The summed E-state index contributed by atoms with van der Waals surface area (Å²) in [5.74, 6) is 1.83. The molecule has 0 aliphatic carbocycles. The summed E-state index contributed by atoms with van der Waals surface area (Å²) in [5, 5.41) is 6.67. The van der Waals surface area contributed by atoms with Crippen molar-refractivity contribution < 1.29 is 9.53 Å². The number of carbonyl (C=O) groups is 1. The highest BCUT2D eigenvalue weighted by Gasteiger charge is 2.17. The molecule has 2 aromatic rings. The van der Waals surface area contributed by atoms with E-state index in [9.17, 15) is 4.79 Å². The zero-order valence-corrected chi connectivity index (χ0v) is 21.4. The third kappa shape index (κ3) is 7.69. The Balaban J connectivity index is 0.00000363. The Bertz CT molecular complexity index is 865. The molecule has 0 saturated carbocycles. The predicted molar refractivity (Wildman–Crippen MR) is 141 cm³/mol. The van der Waals surface area contributed by atoms with Gasteiger partial charge in [0.15, 0.2) is 5.96 Å². The normalized spacial score (nSPS) is 13.8. The van der Waals surface area contributed by atoms with Crippen LogP contribution in [0.1, 0.15) is 47.7 Å². The predicted octanol–water partition coefficient (Wildman–Crippen LogP) is 4.24. The molecule has 0 radical (unpaired) electrons. The first kappa shape index (κ1) is 26.0. The van der Waals surface area contributed by atoms with Crippen molar-refractivity contribution in [2.45, 2.75) is 39.2 Å². The molecule has 1 fully saturated rings. The molecule has 0 atom stereocenters. The maximum absolute atomic E-state index is 12.6. The van der Waals surface area contributed by atoms with E-state index in [-0.39, 0.29) is 29.9 Å². The lowest BCUT2D eigenvalue weighted by Gasteiger charge is -2.26. The number of likely N-dealkylation sites (tertiary alicyclic amines) is 1. The minimum Gasteiger partial charge on any atom is -0.496 e. The van der Waals surface area contributed by atoms with Crippen molar-refractivity contribution in [3.05, 3.63) is 65.2 Å². The summed E-state index contributed by atoms with van der Waals surface area (Å²) in [4.78, 5) is 19.3. The largest absolute Gasteiger partial charge is 0.496 e. The summed E-state index contributed by atoms with van der Waals surface area (Å²) in [7, 11) is 1.70. The highest BCUT2D eigenvalue weighted by atomic mass is 127. The Morgan fingerprint density at radius 3 is 2.44 bits per heavy atom. The Labute approximate surface area is 208 Å². The van der Waals surface area contributed by atoms with Crippen molar-refractivity contribution in [1.29, 1.82) is 0 Å². The quantitative estimate of drug-likeness (QED) is 0.293. The van der Waals surface area contributed by atoms with E-state index in [1.54, 1.807) is 7.11 Å². The second-order valence-electron chi connectivity index (χ2n) is 7.73. The van der Waals surface area contributed by atoms with E-state index in [1.165, 1.54) is 12.0 Å². The van der Waals surface area contributed by atoms with Crippen LogP contribution >= 0.6 is 24.0 Å². The zero-order valence-electron chi connectivity index (χ0n) is 19.1. The Kier molecular flexibility index (Phi) is 11.3. The molecule has 1 aliphatic heterocycles. The molecule has 1 aliphatic rings. The highest BCUT2D eigenvalue weighted by Crippen LogP contribution is 2.17. The van der Waals surface area contributed by atoms with Crippen LogP contribution in [0.5, 0.6) is 5.75 Å². The highest BCUT2D eigenvalue weighted by molar-refractivity contribution is 14.0. The van der Waals surface area contributed by atoms with Gasteiger partial charge in [0.1, 0.15) is 5.75 Å². The SMILES string of the molecule is CCNC(=NCc1ccc(C(=O)N2CCCCC2)cc1)NCCc1ccccc1OC.I. The number of aliphatic imine (C=N–C) groups is 1. The number of methoxy groups -OCH3 is 1. The maximum atomic E-state index is 12.6. The molecule has 0 spiro atoms. The fourth-order valence-electron chi connectivity index (χ4n) is 3.77. The average Bonchev–Trinajstić information content (AvgIpc) is 2.83. The lowest BCUT2D eigenvalue weighted by atomic mass is 10.1. The van der Waals surface area contributed by atoms with Gasteiger partial charge in [-0.1, -0.05) is 30.3 Å². The molecule has 2 aromatic carbocycles. The van der Waals surface area contributed by atoms with Gasteiger partial charge in [-0.3, -0.25) is 4.79 Å². The van der Waals surface area contributed by atoms with Gasteiger partial charge in [-0.15, -0.1) is 24.0 Å². The number of nitrogens with zero attached hydrogens (tertiary/aromatic N) is 2. The third-order valence-corrected chi connectivity index (χ3v) is 5.49. The van der Waals surface area contributed by atoms with Gasteiger partial charge in [-0.05, 0) is 61.9 Å². The van der Waals surface area contributed by atoms with E-state index in [0.29, 0.717) is 6.54 Å². The van der Waals surface area contributed by atoms with Crippen molar-refractivity contribution in [2.24, 2.45) is 4.99 Å². The van der Waals surface area contributed by atoms with Crippen LogP contribution in [0, 0.1) is 0 Å². The van der Waals surface area contributed by atoms with Crippen LogP contribution < -0.4 is 15.4 Å². The second-order valence-corrected chi connectivity index (χ2v) is 7.73. The molecule has 0 bridgehead atoms. The van der Waals surface area contributed by atoms with Gasteiger partial charge in [-0.25, -0.2) is 4.99 Å². The lowest BCUT2D eigenvalue weighted by molar-refractivity contribution is 0.0724. The molecule has 1 saturated heterocycles. The number of ether oxygens (including phenoxy) is 1. The molecule has 174 valence electrons. The average molecular weight is 550 g/mol. The molecule has 0 aromatic heterocycles. The smallest absolute Gasteiger partial charge is 0.253 e. The van der Waals surface area contributed by atoms with Gasteiger partial charge in [0.25, 0.3) is 5.91 Å². The summed E-state index contributed by atoms with van der Waals surface area (Å²) in [6.45, 7) is 5.91. The summed E-state index contributed by atoms with van der Waals surface area (Å²) < 4.78 is 5.42. The first-order valence-corrected chi connectivity index (χ1v) is 11.2. The van der Waals surface area contributed by atoms with Gasteiger partial charge in [-0.2, -0.15) is 0 Å². The maximum Gasteiger partial charge on any atom is 0.253 e. The Morgan fingerprint density at radius 2 is 1.75 bits per heavy atom. The van der Waals surface area contributed by atoms with Crippen molar-refractivity contribution in [1.82, 2.24) is 15.5 Å². The minimum atomic E-state index is 0. The molecule has 7 heteroatoms. The number of guanidine groups is 1. The van der Waals surface area contributed by atoms with Crippen LogP contribution in [-0.4, -0.2) is 50.1 Å². The number of hydrogen-bond donors (Lipinski definition) is 2. The second kappa shape index (κ2) is 14.0.